The summed E-state index contributed by atoms with van der Waals surface area (Å²) in [6.07, 6.45) is 0.116. The molecule has 132 valence electrons. The van der Waals surface area contributed by atoms with Gasteiger partial charge in [-0.3, -0.25) is 14.4 Å². The molecule has 0 bridgehead atoms. The average Bonchev–Trinajstić information content (AvgIpc) is 2.80. The van der Waals surface area contributed by atoms with E-state index in [1.807, 2.05) is 12.1 Å². The molecule has 1 aromatic rings. The maximum atomic E-state index is 12.4. The molecule has 2 atom stereocenters. The second-order valence-corrected chi connectivity index (χ2v) is 7.41. The number of rotatable bonds is 6. The van der Waals surface area contributed by atoms with E-state index in [2.05, 4.69) is 22.6 Å². The van der Waals surface area contributed by atoms with Crippen molar-refractivity contribution in [1.82, 2.24) is 0 Å². The van der Waals surface area contributed by atoms with Crippen LogP contribution in [0.5, 0.6) is 0 Å². The molecule has 1 aliphatic rings. The number of esters is 1. The van der Waals surface area contributed by atoms with Crippen molar-refractivity contribution in [1.29, 1.82) is 0 Å². The predicted molar refractivity (Wildman–Crippen MR) is 97.1 cm³/mol. The summed E-state index contributed by atoms with van der Waals surface area (Å²) in [6, 6.07) is 6.38. The number of hydrogen-bond donors (Lipinski definition) is 1. The quantitative estimate of drug-likeness (QED) is 0.303. The normalized spacial score (nSPS) is 18.3. The van der Waals surface area contributed by atoms with E-state index in [0.717, 1.165) is 3.57 Å². The van der Waals surface area contributed by atoms with Crippen molar-refractivity contribution in [2.75, 3.05) is 17.3 Å². The van der Waals surface area contributed by atoms with Gasteiger partial charge in [-0.15, -0.1) is 11.8 Å². The lowest BCUT2D eigenvalue weighted by molar-refractivity contribution is -0.144. The van der Waals surface area contributed by atoms with Crippen molar-refractivity contribution in [3.8, 4) is 0 Å². The summed E-state index contributed by atoms with van der Waals surface area (Å²) < 4.78 is 5.85. The number of nitrogens with zero attached hydrogens (tertiary/aromatic N) is 1. The van der Waals surface area contributed by atoms with Gasteiger partial charge in [0, 0.05) is 15.7 Å². The minimum atomic E-state index is -0.796. The van der Waals surface area contributed by atoms with Gasteiger partial charge in [-0.1, -0.05) is 0 Å². The summed E-state index contributed by atoms with van der Waals surface area (Å²) in [4.78, 5) is 37.2. The molecule has 1 heterocycles. The zero-order chi connectivity index (χ0) is 17.0. The van der Waals surface area contributed by atoms with Crippen LogP contribution in [0.15, 0.2) is 24.3 Å². The maximum absolute atomic E-state index is 12.4. The molecule has 0 spiro atoms. The minimum Gasteiger partial charge on any atom is -1.00 e. The van der Waals surface area contributed by atoms with Crippen molar-refractivity contribution >= 4 is 57.8 Å². The number of imide groups is 1. The number of amides is 2. The van der Waals surface area contributed by atoms with Crippen LogP contribution in [0.2, 0.25) is 0 Å². The van der Waals surface area contributed by atoms with Crippen LogP contribution in [0.3, 0.4) is 0 Å². The molecular formula is C15H17ClIN2O4S-. The van der Waals surface area contributed by atoms with Gasteiger partial charge in [0.05, 0.1) is 17.5 Å². The van der Waals surface area contributed by atoms with Crippen LogP contribution in [-0.2, 0) is 19.1 Å². The summed E-state index contributed by atoms with van der Waals surface area (Å²) in [5, 5.41) is -0.512. The topological polar surface area (TPSA) is 89.7 Å². The fraction of sp³-hybridized carbons (Fsp3) is 0.400. The van der Waals surface area contributed by atoms with Crippen molar-refractivity contribution in [2.24, 2.45) is 5.73 Å². The van der Waals surface area contributed by atoms with Crippen LogP contribution in [0.25, 0.3) is 0 Å². The number of carbonyl (C=O) groups is 3. The molecule has 2 N–H and O–H groups in total. The molecule has 2 amide bonds. The lowest BCUT2D eigenvalue weighted by Gasteiger charge is -2.16. The SMILES string of the molecule is CCOC(=O)C(N)CSC1CC(=O)N(c2ccc(I)cc2)C1=O.[Cl-]. The molecule has 6 nitrogen and oxygen atoms in total. The number of halogens is 2. The Morgan fingerprint density at radius 3 is 2.62 bits per heavy atom. The van der Waals surface area contributed by atoms with Gasteiger partial charge in [-0.05, 0) is 53.8 Å². The van der Waals surface area contributed by atoms with E-state index < -0.39 is 17.3 Å². The molecule has 0 aromatic heterocycles. The van der Waals surface area contributed by atoms with Crippen LogP contribution in [-0.4, -0.2) is 41.4 Å². The minimum absolute atomic E-state index is 0. The largest absolute Gasteiger partial charge is 1.00 e. The Kier molecular flexibility index (Phi) is 8.48. The van der Waals surface area contributed by atoms with E-state index in [9.17, 15) is 14.4 Å². The third-order valence-corrected chi connectivity index (χ3v) is 5.30. The van der Waals surface area contributed by atoms with Gasteiger partial charge >= 0.3 is 5.97 Å². The van der Waals surface area contributed by atoms with Crippen molar-refractivity contribution < 1.29 is 31.5 Å². The van der Waals surface area contributed by atoms with Gasteiger partial charge in [0.2, 0.25) is 11.8 Å². The Hall–Kier alpha value is -0.840. The molecule has 2 unspecified atom stereocenters. The zero-order valence-corrected chi connectivity index (χ0v) is 16.6. The molecule has 2 rings (SSSR count). The first kappa shape index (κ1) is 21.2. The number of ether oxygens (including phenoxy) is 1. The van der Waals surface area contributed by atoms with E-state index in [4.69, 9.17) is 10.5 Å². The van der Waals surface area contributed by atoms with E-state index >= 15 is 0 Å². The number of thioether (sulfide) groups is 1. The Labute approximate surface area is 164 Å². The second kappa shape index (κ2) is 9.59. The predicted octanol–water partition coefficient (Wildman–Crippen LogP) is -1.45. The third-order valence-electron chi connectivity index (χ3n) is 3.26. The van der Waals surface area contributed by atoms with Crippen LogP contribution >= 0.6 is 34.4 Å². The first-order valence-electron chi connectivity index (χ1n) is 7.10. The lowest BCUT2D eigenvalue weighted by atomic mass is 10.3. The van der Waals surface area contributed by atoms with Gasteiger partial charge in [0.1, 0.15) is 6.04 Å². The highest BCUT2D eigenvalue weighted by molar-refractivity contribution is 14.1. The summed E-state index contributed by atoms with van der Waals surface area (Å²) in [5.41, 5.74) is 6.29. The Balaban J connectivity index is 0.00000288. The van der Waals surface area contributed by atoms with E-state index in [1.54, 1.807) is 19.1 Å². The van der Waals surface area contributed by atoms with E-state index in [1.165, 1.54) is 16.7 Å². The smallest absolute Gasteiger partial charge is 0.323 e. The van der Waals surface area contributed by atoms with E-state index in [0.29, 0.717) is 5.69 Å². The summed E-state index contributed by atoms with van der Waals surface area (Å²) in [7, 11) is 0. The van der Waals surface area contributed by atoms with Crippen LogP contribution in [0.4, 0.5) is 5.69 Å². The summed E-state index contributed by atoms with van der Waals surface area (Å²) in [5.74, 6) is -0.759. The molecule has 0 aliphatic carbocycles. The number of carbonyl (C=O) groups excluding carboxylic acids is 3. The lowest BCUT2D eigenvalue weighted by Crippen LogP contribution is -3.00. The van der Waals surface area contributed by atoms with Crippen LogP contribution in [0.1, 0.15) is 13.3 Å². The summed E-state index contributed by atoms with van der Waals surface area (Å²) in [6.45, 7) is 1.97. The van der Waals surface area contributed by atoms with Crippen LogP contribution in [0, 0.1) is 3.57 Å². The summed E-state index contributed by atoms with van der Waals surface area (Å²) >= 11 is 3.38. The van der Waals surface area contributed by atoms with Crippen molar-refractivity contribution in [3.63, 3.8) is 0 Å². The van der Waals surface area contributed by atoms with Crippen LogP contribution < -0.4 is 23.0 Å². The highest BCUT2D eigenvalue weighted by atomic mass is 127. The number of hydrogen-bond acceptors (Lipinski definition) is 6. The first-order valence-corrected chi connectivity index (χ1v) is 9.23. The molecule has 9 heteroatoms. The Morgan fingerprint density at radius 2 is 2.04 bits per heavy atom. The number of benzene rings is 1. The van der Waals surface area contributed by atoms with Gasteiger partial charge < -0.3 is 22.9 Å². The molecule has 1 aromatic carbocycles. The fourth-order valence-electron chi connectivity index (χ4n) is 2.13. The van der Waals surface area contributed by atoms with Crippen molar-refractivity contribution in [3.05, 3.63) is 27.8 Å². The Morgan fingerprint density at radius 1 is 1.42 bits per heavy atom. The van der Waals surface area contributed by atoms with Gasteiger partial charge in [-0.2, -0.15) is 0 Å². The van der Waals surface area contributed by atoms with Crippen molar-refractivity contribution in [2.45, 2.75) is 24.6 Å². The molecule has 1 fully saturated rings. The molecule has 24 heavy (non-hydrogen) atoms. The highest BCUT2D eigenvalue weighted by Crippen LogP contribution is 2.30. The molecular weight excluding hydrogens is 467 g/mol. The number of nitrogens with two attached hydrogens (primary N) is 1. The third kappa shape index (κ3) is 5.08. The fourth-order valence-corrected chi connectivity index (χ4v) is 3.58. The van der Waals surface area contributed by atoms with Gasteiger partial charge in [0.15, 0.2) is 0 Å². The molecule has 1 saturated heterocycles. The molecule has 1 aliphatic heterocycles. The maximum Gasteiger partial charge on any atom is 0.323 e. The van der Waals surface area contributed by atoms with Gasteiger partial charge in [0.25, 0.3) is 0 Å². The monoisotopic (exact) mass is 483 g/mol. The standard InChI is InChI=1S/C15H17IN2O4S.ClH/c1-2-22-15(21)11(17)8-23-12-7-13(19)18(14(12)20)10-5-3-9(16)4-6-10;/h3-6,11-12H,2,7-8,17H2,1H3;1H/p-1. The Bertz CT molecular complexity index is 614. The first-order chi connectivity index (χ1) is 10.9. The molecule has 0 radical (unpaired) electrons. The number of anilines is 1. The highest BCUT2D eigenvalue weighted by Gasteiger charge is 2.40. The average molecular weight is 484 g/mol. The second-order valence-electron chi connectivity index (χ2n) is 4.93. The van der Waals surface area contributed by atoms with E-state index in [-0.39, 0.29) is 43.0 Å². The zero-order valence-electron chi connectivity index (χ0n) is 12.9. The van der Waals surface area contributed by atoms with Gasteiger partial charge in [-0.25, -0.2) is 4.90 Å². The molecule has 0 saturated carbocycles.